The first-order valence-electron chi connectivity index (χ1n) is 16.8. The Hall–Kier alpha value is -3.98. The molecule has 1 saturated carbocycles. The number of ether oxygens (including phenoxy) is 1. The molecule has 5 rings (SSSR count). The third kappa shape index (κ3) is 8.05. The van der Waals surface area contributed by atoms with Crippen LogP contribution in [0.4, 0.5) is 11.5 Å². The van der Waals surface area contributed by atoms with E-state index in [0.717, 1.165) is 87.8 Å². The molecule has 0 spiro atoms. The minimum absolute atomic E-state index is 0.0154. The van der Waals surface area contributed by atoms with E-state index in [4.69, 9.17) is 9.15 Å². The number of esters is 1. The first-order chi connectivity index (χ1) is 22.3. The van der Waals surface area contributed by atoms with Gasteiger partial charge in [-0.3, -0.25) is 19.3 Å². The molecular formula is C37H48N4O5. The van der Waals surface area contributed by atoms with Gasteiger partial charge in [0.1, 0.15) is 5.82 Å². The Kier molecular flexibility index (Phi) is 11.3. The second-order valence-corrected chi connectivity index (χ2v) is 12.9. The Morgan fingerprint density at radius 1 is 1.00 bits per heavy atom. The van der Waals surface area contributed by atoms with Crippen molar-refractivity contribution in [3.05, 3.63) is 77.9 Å². The maximum absolute atomic E-state index is 13.9. The second-order valence-electron chi connectivity index (χ2n) is 12.9. The van der Waals surface area contributed by atoms with Crippen LogP contribution < -0.4 is 9.80 Å². The summed E-state index contributed by atoms with van der Waals surface area (Å²) in [5, 5.41) is 0. The number of hydrogen-bond acceptors (Lipinski definition) is 7. The highest BCUT2D eigenvalue weighted by atomic mass is 16.5. The first-order valence-corrected chi connectivity index (χ1v) is 16.8. The van der Waals surface area contributed by atoms with Gasteiger partial charge in [-0.05, 0) is 86.8 Å². The molecule has 3 aromatic rings. The predicted octanol–water partition coefficient (Wildman–Crippen LogP) is 6.59. The summed E-state index contributed by atoms with van der Waals surface area (Å²) in [5.74, 6) is 0.638. The minimum atomic E-state index is -0.324. The summed E-state index contributed by atoms with van der Waals surface area (Å²) in [4.78, 5) is 50.4. The molecule has 2 amide bonds. The summed E-state index contributed by atoms with van der Waals surface area (Å²) in [5.41, 5.74) is 2.82. The highest BCUT2D eigenvalue weighted by Gasteiger charge is 2.38. The number of amides is 2. The molecule has 0 unspecified atom stereocenters. The van der Waals surface area contributed by atoms with E-state index in [1.54, 1.807) is 23.2 Å². The molecule has 3 heterocycles. The maximum atomic E-state index is 13.9. The molecule has 1 aromatic carbocycles. The zero-order valence-electron chi connectivity index (χ0n) is 27.6. The standard InChI is InChI=1S/C37H48N4O5/c1-4-40(34(42)25-37(26-35(43)45-3)19-8-5-9-20-37)31-12-7-6-11-29(31)16-21-39-22-17-30(18-23-39)41(33-15-14-28(2)27-38-33)36(44)32-13-10-24-46-32/h6-7,10-15,24,27,30H,4-5,8-9,16-23,25-26H2,1-3H3. The number of nitrogens with zero attached hydrogens (tertiary/aromatic N) is 4. The molecule has 0 radical (unpaired) electrons. The maximum Gasteiger partial charge on any atom is 0.306 e. The lowest BCUT2D eigenvalue weighted by molar-refractivity contribution is -0.144. The summed E-state index contributed by atoms with van der Waals surface area (Å²) < 4.78 is 10.5. The van der Waals surface area contributed by atoms with Crippen LogP contribution in [-0.4, -0.2) is 67.0 Å². The van der Waals surface area contributed by atoms with Crippen molar-refractivity contribution in [3.63, 3.8) is 0 Å². The van der Waals surface area contributed by atoms with Crippen LogP contribution in [0.15, 0.2) is 65.4 Å². The lowest BCUT2D eigenvalue weighted by atomic mass is 9.69. The van der Waals surface area contributed by atoms with Crippen LogP contribution in [0.5, 0.6) is 0 Å². The summed E-state index contributed by atoms with van der Waals surface area (Å²) >= 11 is 0. The van der Waals surface area contributed by atoms with Crippen LogP contribution in [0.25, 0.3) is 0 Å². The number of anilines is 2. The molecule has 1 saturated heterocycles. The van der Waals surface area contributed by atoms with Gasteiger partial charge in [0.2, 0.25) is 5.91 Å². The number of aromatic nitrogens is 1. The van der Waals surface area contributed by atoms with Crippen LogP contribution in [-0.2, 0) is 20.7 Å². The van der Waals surface area contributed by atoms with Gasteiger partial charge in [0.05, 0.1) is 19.8 Å². The number of piperidine rings is 1. The number of furan rings is 1. The molecule has 2 fully saturated rings. The van der Waals surface area contributed by atoms with Crippen LogP contribution >= 0.6 is 0 Å². The number of aryl methyl sites for hydroxylation is 1. The van der Waals surface area contributed by atoms with Gasteiger partial charge in [-0.1, -0.05) is 43.5 Å². The molecule has 0 N–H and O–H groups in total. The van der Waals surface area contributed by atoms with Gasteiger partial charge >= 0.3 is 5.97 Å². The van der Waals surface area contributed by atoms with E-state index in [2.05, 4.69) is 16.0 Å². The molecule has 46 heavy (non-hydrogen) atoms. The number of para-hydroxylation sites is 1. The highest BCUT2D eigenvalue weighted by molar-refractivity contribution is 6.04. The minimum Gasteiger partial charge on any atom is -0.469 e. The molecule has 1 aliphatic heterocycles. The number of rotatable bonds is 12. The van der Waals surface area contributed by atoms with E-state index in [1.807, 2.05) is 49.1 Å². The van der Waals surface area contributed by atoms with Crippen molar-refractivity contribution in [1.82, 2.24) is 9.88 Å². The molecule has 1 aliphatic carbocycles. The van der Waals surface area contributed by atoms with Gasteiger partial charge in [-0.2, -0.15) is 0 Å². The van der Waals surface area contributed by atoms with Gasteiger partial charge in [0.25, 0.3) is 5.91 Å². The van der Waals surface area contributed by atoms with E-state index in [0.29, 0.717) is 31.0 Å². The smallest absolute Gasteiger partial charge is 0.306 e. The number of hydrogen-bond donors (Lipinski definition) is 0. The first kappa shape index (κ1) is 33.4. The molecule has 0 bridgehead atoms. The zero-order valence-corrected chi connectivity index (χ0v) is 27.6. The Morgan fingerprint density at radius 2 is 1.76 bits per heavy atom. The third-order valence-corrected chi connectivity index (χ3v) is 9.80. The molecule has 246 valence electrons. The summed E-state index contributed by atoms with van der Waals surface area (Å²) in [6.45, 7) is 7.14. The van der Waals surface area contributed by atoms with Crippen molar-refractivity contribution in [3.8, 4) is 0 Å². The van der Waals surface area contributed by atoms with E-state index >= 15 is 0 Å². The van der Waals surface area contributed by atoms with E-state index in [-0.39, 0.29) is 29.2 Å². The lowest BCUT2D eigenvalue weighted by Crippen LogP contribution is -2.48. The van der Waals surface area contributed by atoms with E-state index in [1.165, 1.54) is 13.4 Å². The van der Waals surface area contributed by atoms with E-state index < -0.39 is 0 Å². The van der Waals surface area contributed by atoms with Crippen molar-refractivity contribution in [2.75, 3.05) is 43.1 Å². The van der Waals surface area contributed by atoms with Gasteiger partial charge in [-0.15, -0.1) is 0 Å². The number of carbonyl (C=O) groups excluding carboxylic acids is 3. The Labute approximate surface area is 272 Å². The quantitative estimate of drug-likeness (QED) is 0.209. The fourth-order valence-electron chi connectivity index (χ4n) is 7.24. The van der Waals surface area contributed by atoms with Crippen LogP contribution in [0, 0.1) is 12.3 Å². The van der Waals surface area contributed by atoms with Crippen molar-refractivity contribution < 1.29 is 23.5 Å². The second kappa shape index (κ2) is 15.5. The number of likely N-dealkylation sites (tertiary alicyclic amines) is 1. The molecule has 0 atom stereocenters. The van der Waals surface area contributed by atoms with Gasteiger partial charge in [-0.25, -0.2) is 4.98 Å². The number of benzene rings is 1. The number of carbonyl (C=O) groups is 3. The van der Waals surface area contributed by atoms with Crippen LogP contribution in [0.2, 0.25) is 0 Å². The van der Waals surface area contributed by atoms with Gasteiger partial charge in [0, 0.05) is 50.5 Å². The van der Waals surface area contributed by atoms with E-state index in [9.17, 15) is 14.4 Å². The van der Waals surface area contributed by atoms with Crippen molar-refractivity contribution in [2.45, 2.75) is 84.1 Å². The molecule has 9 heteroatoms. The predicted molar refractivity (Wildman–Crippen MR) is 179 cm³/mol. The van der Waals surface area contributed by atoms with Crippen LogP contribution in [0.1, 0.15) is 86.4 Å². The van der Waals surface area contributed by atoms with Crippen LogP contribution in [0.3, 0.4) is 0 Å². The zero-order chi connectivity index (χ0) is 32.5. The summed E-state index contributed by atoms with van der Waals surface area (Å²) in [7, 11) is 1.43. The highest BCUT2D eigenvalue weighted by Crippen LogP contribution is 2.43. The van der Waals surface area contributed by atoms with Gasteiger partial charge < -0.3 is 19.0 Å². The normalized spacial score (nSPS) is 16.9. The van der Waals surface area contributed by atoms with Crippen molar-refractivity contribution >= 4 is 29.3 Å². The average Bonchev–Trinajstić information content (AvgIpc) is 3.62. The number of methoxy groups -OCH3 is 1. The molecule has 2 aromatic heterocycles. The number of pyridine rings is 1. The van der Waals surface area contributed by atoms with Crippen molar-refractivity contribution in [2.24, 2.45) is 5.41 Å². The lowest BCUT2D eigenvalue weighted by Gasteiger charge is -2.38. The fraction of sp³-hybridized carbons (Fsp3) is 0.514. The fourth-order valence-corrected chi connectivity index (χ4v) is 7.24. The van der Waals surface area contributed by atoms with Crippen molar-refractivity contribution in [1.29, 1.82) is 0 Å². The summed E-state index contributed by atoms with van der Waals surface area (Å²) in [6, 6.07) is 15.5. The Bertz CT molecular complexity index is 1440. The van der Waals surface area contributed by atoms with Gasteiger partial charge in [0.15, 0.2) is 5.76 Å². The topological polar surface area (TPSA) is 96.2 Å². The molecule has 2 aliphatic rings. The average molecular weight is 629 g/mol. The SMILES string of the molecule is CCN(C(=O)CC1(CC(=O)OC)CCCCC1)c1ccccc1CCN1CCC(N(C(=O)c2ccco2)c2ccc(C)cn2)CC1. The molecular weight excluding hydrogens is 580 g/mol. The largest absolute Gasteiger partial charge is 0.469 e. The Morgan fingerprint density at radius 3 is 2.41 bits per heavy atom. The third-order valence-electron chi connectivity index (χ3n) is 9.80. The Balaban J connectivity index is 1.23. The summed E-state index contributed by atoms with van der Waals surface area (Å²) in [6.07, 6.45) is 11.4. The monoisotopic (exact) mass is 628 g/mol. The molecule has 9 nitrogen and oxygen atoms in total.